The van der Waals surface area contributed by atoms with Crippen LogP contribution in [0.1, 0.15) is 36.6 Å². The van der Waals surface area contributed by atoms with Gasteiger partial charge in [-0.25, -0.2) is 0 Å². The van der Waals surface area contributed by atoms with E-state index in [0.717, 1.165) is 16.7 Å². The van der Waals surface area contributed by atoms with Gasteiger partial charge in [0.25, 0.3) is 0 Å². The Bertz CT molecular complexity index is 821. The molecule has 0 aliphatic heterocycles. The molecule has 0 aliphatic carbocycles. The number of halogens is 1. The highest BCUT2D eigenvalue weighted by Crippen LogP contribution is 2.26. The third-order valence-corrected chi connectivity index (χ3v) is 4.32. The second kappa shape index (κ2) is 8.72. The van der Waals surface area contributed by atoms with Crippen LogP contribution in [0, 0.1) is 13.8 Å². The largest absolute Gasteiger partial charge is 0.494 e. The number of ether oxygens (including phenoxy) is 1. The van der Waals surface area contributed by atoms with Crippen LogP contribution >= 0.6 is 11.6 Å². The first-order valence-electron chi connectivity index (χ1n) is 8.43. The van der Waals surface area contributed by atoms with Gasteiger partial charge in [-0.2, -0.15) is 0 Å². The van der Waals surface area contributed by atoms with Crippen molar-refractivity contribution >= 4 is 29.1 Å². The van der Waals surface area contributed by atoms with Crippen LogP contribution in [0.4, 0.5) is 5.69 Å². The van der Waals surface area contributed by atoms with Gasteiger partial charge < -0.3 is 15.4 Å². The van der Waals surface area contributed by atoms with Crippen LogP contribution in [-0.4, -0.2) is 18.4 Å². The third kappa shape index (κ3) is 4.99. The Morgan fingerprint density at radius 1 is 1.12 bits per heavy atom. The summed E-state index contributed by atoms with van der Waals surface area (Å²) in [6.07, 6.45) is 0. The van der Waals surface area contributed by atoms with E-state index in [1.807, 2.05) is 45.9 Å². The average Bonchev–Trinajstić information content (AvgIpc) is 2.59. The first kappa shape index (κ1) is 19.8. The molecule has 138 valence electrons. The molecule has 2 N–H and O–H groups in total. The molecule has 1 unspecified atom stereocenters. The van der Waals surface area contributed by atoms with E-state index >= 15 is 0 Å². The number of carbonyl (C=O) groups excluding carboxylic acids is 2. The second-order valence-electron chi connectivity index (χ2n) is 6.09. The molecule has 0 saturated carbocycles. The Morgan fingerprint density at radius 3 is 2.50 bits per heavy atom. The van der Waals surface area contributed by atoms with Gasteiger partial charge in [0.1, 0.15) is 5.75 Å². The van der Waals surface area contributed by atoms with E-state index in [0.29, 0.717) is 23.1 Å². The van der Waals surface area contributed by atoms with Crippen LogP contribution in [0.2, 0.25) is 5.02 Å². The molecule has 0 saturated heterocycles. The van der Waals surface area contributed by atoms with E-state index in [1.165, 1.54) is 0 Å². The van der Waals surface area contributed by atoms with E-state index in [9.17, 15) is 9.59 Å². The summed E-state index contributed by atoms with van der Waals surface area (Å²) >= 11 is 6.04. The van der Waals surface area contributed by atoms with E-state index < -0.39 is 11.8 Å². The maximum Gasteiger partial charge on any atom is 0.313 e. The molecule has 2 amide bonds. The molecule has 26 heavy (non-hydrogen) atoms. The van der Waals surface area contributed by atoms with Crippen LogP contribution in [0.15, 0.2) is 36.4 Å². The molecule has 2 aromatic rings. The highest BCUT2D eigenvalue weighted by atomic mass is 35.5. The third-order valence-electron chi connectivity index (χ3n) is 3.92. The lowest BCUT2D eigenvalue weighted by Crippen LogP contribution is -2.37. The van der Waals surface area contributed by atoms with E-state index in [4.69, 9.17) is 16.3 Å². The van der Waals surface area contributed by atoms with Crippen molar-refractivity contribution in [1.29, 1.82) is 0 Å². The number of rotatable bonds is 5. The van der Waals surface area contributed by atoms with Crippen molar-refractivity contribution in [3.63, 3.8) is 0 Å². The Kier molecular flexibility index (Phi) is 6.64. The van der Waals surface area contributed by atoms with E-state index in [2.05, 4.69) is 10.6 Å². The van der Waals surface area contributed by atoms with E-state index in [1.54, 1.807) is 18.2 Å². The molecule has 0 aliphatic rings. The zero-order valence-corrected chi connectivity index (χ0v) is 16.1. The molecular weight excluding hydrogens is 352 g/mol. The predicted octanol–water partition coefficient (Wildman–Crippen LogP) is 4.17. The van der Waals surface area contributed by atoms with Gasteiger partial charge in [0.15, 0.2) is 0 Å². The van der Waals surface area contributed by atoms with Gasteiger partial charge in [0.2, 0.25) is 0 Å². The number of amides is 2. The molecule has 0 spiro atoms. The highest BCUT2D eigenvalue weighted by molar-refractivity contribution is 6.40. The Hall–Kier alpha value is -2.53. The van der Waals surface area contributed by atoms with Crippen molar-refractivity contribution in [2.75, 3.05) is 11.9 Å². The fourth-order valence-corrected chi connectivity index (χ4v) is 2.67. The smallest absolute Gasteiger partial charge is 0.313 e. The fourth-order valence-electron chi connectivity index (χ4n) is 2.49. The van der Waals surface area contributed by atoms with Gasteiger partial charge in [-0.3, -0.25) is 9.59 Å². The summed E-state index contributed by atoms with van der Waals surface area (Å²) in [4.78, 5) is 24.4. The van der Waals surface area contributed by atoms with Crippen LogP contribution in [0.5, 0.6) is 5.75 Å². The molecule has 6 heteroatoms. The number of nitrogens with one attached hydrogen (secondary N) is 2. The van der Waals surface area contributed by atoms with Gasteiger partial charge in [0, 0.05) is 16.3 Å². The first-order chi connectivity index (χ1) is 12.3. The lowest BCUT2D eigenvalue weighted by Gasteiger charge is -2.18. The summed E-state index contributed by atoms with van der Waals surface area (Å²) in [6, 6.07) is 10.5. The van der Waals surface area contributed by atoms with Crippen molar-refractivity contribution < 1.29 is 14.3 Å². The van der Waals surface area contributed by atoms with Gasteiger partial charge in [0.05, 0.1) is 12.6 Å². The van der Waals surface area contributed by atoms with Crippen LogP contribution in [0.3, 0.4) is 0 Å². The molecule has 2 rings (SSSR count). The Morgan fingerprint density at radius 2 is 1.85 bits per heavy atom. The van der Waals surface area contributed by atoms with E-state index in [-0.39, 0.29) is 6.04 Å². The van der Waals surface area contributed by atoms with Gasteiger partial charge >= 0.3 is 11.8 Å². The molecule has 0 aromatic heterocycles. The molecule has 2 aromatic carbocycles. The topological polar surface area (TPSA) is 67.4 Å². The summed E-state index contributed by atoms with van der Waals surface area (Å²) in [5.41, 5.74) is 3.24. The van der Waals surface area contributed by atoms with Crippen LogP contribution in [0.25, 0.3) is 0 Å². The fraction of sp³-hybridized carbons (Fsp3) is 0.300. The molecule has 0 heterocycles. The zero-order chi connectivity index (χ0) is 19.3. The van der Waals surface area contributed by atoms with Crippen molar-refractivity contribution in [3.05, 3.63) is 58.1 Å². The van der Waals surface area contributed by atoms with Crippen molar-refractivity contribution in [2.45, 2.75) is 33.7 Å². The SMILES string of the molecule is CCOc1ccc(C)cc1C(C)NC(=O)C(=O)Nc1ccc(C)c(Cl)c1. The monoisotopic (exact) mass is 374 g/mol. The molecule has 0 bridgehead atoms. The van der Waals surface area contributed by atoms with Crippen molar-refractivity contribution in [2.24, 2.45) is 0 Å². The van der Waals surface area contributed by atoms with Gasteiger partial charge in [-0.05, 0) is 51.5 Å². The average molecular weight is 375 g/mol. The zero-order valence-electron chi connectivity index (χ0n) is 15.4. The quantitative estimate of drug-likeness (QED) is 0.772. The Labute approximate surface area is 158 Å². The number of hydrogen-bond acceptors (Lipinski definition) is 3. The minimum Gasteiger partial charge on any atom is -0.494 e. The molecule has 5 nitrogen and oxygen atoms in total. The predicted molar refractivity (Wildman–Crippen MR) is 104 cm³/mol. The molecule has 0 radical (unpaired) electrons. The minimum atomic E-state index is -0.748. The maximum absolute atomic E-state index is 12.2. The summed E-state index contributed by atoms with van der Waals surface area (Å²) in [5, 5.41) is 5.78. The number of benzene rings is 2. The van der Waals surface area contributed by atoms with Gasteiger partial charge in [-0.15, -0.1) is 0 Å². The molecule has 1 atom stereocenters. The standard InChI is InChI=1S/C20H23ClN2O3/c1-5-26-18-9-6-12(2)10-16(18)14(4)22-19(24)20(25)23-15-8-7-13(3)17(21)11-15/h6-11,14H,5H2,1-4H3,(H,22,24)(H,23,25). The lowest BCUT2D eigenvalue weighted by atomic mass is 10.0. The molecule has 0 fully saturated rings. The second-order valence-corrected chi connectivity index (χ2v) is 6.49. The Balaban J connectivity index is 2.07. The van der Waals surface area contributed by atoms with Gasteiger partial charge in [-0.1, -0.05) is 35.4 Å². The highest BCUT2D eigenvalue weighted by Gasteiger charge is 2.20. The number of hydrogen-bond donors (Lipinski definition) is 2. The summed E-state index contributed by atoms with van der Waals surface area (Å²) in [5.74, 6) is -0.780. The van der Waals surface area contributed by atoms with Crippen LogP contribution < -0.4 is 15.4 Å². The minimum absolute atomic E-state index is 0.378. The first-order valence-corrected chi connectivity index (χ1v) is 8.81. The maximum atomic E-state index is 12.2. The summed E-state index contributed by atoms with van der Waals surface area (Å²) in [7, 11) is 0. The van der Waals surface area contributed by atoms with Crippen LogP contribution in [-0.2, 0) is 9.59 Å². The normalized spacial score (nSPS) is 11.6. The lowest BCUT2D eigenvalue weighted by molar-refractivity contribution is -0.136. The molecular formula is C20H23ClN2O3. The number of carbonyl (C=O) groups is 2. The summed E-state index contributed by atoms with van der Waals surface area (Å²) < 4.78 is 5.61. The number of anilines is 1. The van der Waals surface area contributed by atoms with Crippen molar-refractivity contribution in [1.82, 2.24) is 5.32 Å². The summed E-state index contributed by atoms with van der Waals surface area (Å²) in [6.45, 7) is 8.05. The number of aryl methyl sites for hydroxylation is 2. The van der Waals surface area contributed by atoms with Crippen molar-refractivity contribution in [3.8, 4) is 5.75 Å².